The minimum Gasteiger partial charge on any atom is -0.497 e. The van der Waals surface area contributed by atoms with E-state index in [1.54, 1.807) is 7.11 Å². The van der Waals surface area contributed by atoms with E-state index >= 15 is 0 Å². The summed E-state index contributed by atoms with van der Waals surface area (Å²) in [4.78, 5) is 0. The largest absolute Gasteiger partial charge is 0.497 e. The van der Waals surface area contributed by atoms with Crippen LogP contribution < -0.4 is 10.5 Å². The Morgan fingerprint density at radius 3 is 2.43 bits per heavy atom. The first-order chi connectivity index (χ1) is 13.7. The van der Waals surface area contributed by atoms with E-state index in [2.05, 4.69) is 35.8 Å². The van der Waals surface area contributed by atoms with E-state index in [4.69, 9.17) is 10.5 Å². The van der Waals surface area contributed by atoms with Crippen molar-refractivity contribution in [2.75, 3.05) is 12.8 Å². The Labute approximate surface area is 164 Å². The summed E-state index contributed by atoms with van der Waals surface area (Å²) in [6.07, 6.45) is 0. The van der Waals surface area contributed by atoms with Crippen LogP contribution in [0.2, 0.25) is 0 Å². The Kier molecular flexibility index (Phi) is 4.50. The smallest absolute Gasteiger partial charge is 0.119 e. The summed E-state index contributed by atoms with van der Waals surface area (Å²) in [7, 11) is 1.66. The first kappa shape index (κ1) is 17.7. The summed E-state index contributed by atoms with van der Waals surface area (Å²) in [5.74, 6) is 0.810. The van der Waals surface area contributed by atoms with Crippen molar-refractivity contribution >= 4 is 16.6 Å². The van der Waals surface area contributed by atoms with Gasteiger partial charge in [0.25, 0.3) is 0 Å². The number of benzene rings is 3. The molecule has 0 radical (unpaired) electrons. The zero-order valence-corrected chi connectivity index (χ0v) is 15.9. The molecule has 1 aromatic heterocycles. The lowest BCUT2D eigenvalue weighted by Gasteiger charge is -2.09. The summed E-state index contributed by atoms with van der Waals surface area (Å²) < 4.78 is 7.53. The van der Waals surface area contributed by atoms with Gasteiger partial charge in [-0.15, -0.1) is 0 Å². The molecule has 0 saturated carbocycles. The van der Waals surface area contributed by atoms with Gasteiger partial charge in [-0.3, -0.25) is 0 Å². The molecule has 3 aromatic carbocycles. The minimum atomic E-state index is 0.673. The lowest BCUT2D eigenvalue weighted by atomic mass is 10.0. The van der Waals surface area contributed by atoms with Gasteiger partial charge in [-0.05, 0) is 54.4 Å². The predicted molar refractivity (Wildman–Crippen MR) is 114 cm³/mol. The second kappa shape index (κ2) is 7.13. The van der Waals surface area contributed by atoms with Crippen LogP contribution in [0, 0.1) is 11.3 Å². The van der Waals surface area contributed by atoms with Gasteiger partial charge in [0.15, 0.2) is 0 Å². The molecule has 0 atom stereocenters. The Hall–Kier alpha value is -3.71. The fraction of sp³-hybridized carbons (Fsp3) is 0.125. The molecule has 0 aliphatic heterocycles. The third-order valence-electron chi connectivity index (χ3n) is 5.05. The van der Waals surface area contributed by atoms with Crippen LogP contribution in [0.3, 0.4) is 0 Å². The van der Waals surface area contributed by atoms with Crippen molar-refractivity contribution in [3.05, 3.63) is 72.3 Å². The minimum absolute atomic E-state index is 0.673. The molecule has 1 heterocycles. The second-order valence-electron chi connectivity index (χ2n) is 6.67. The molecule has 0 spiro atoms. The van der Waals surface area contributed by atoms with Crippen molar-refractivity contribution < 1.29 is 4.74 Å². The van der Waals surface area contributed by atoms with Crippen LogP contribution in [0.15, 0.2) is 66.7 Å². The highest BCUT2D eigenvalue weighted by Crippen LogP contribution is 2.36. The number of hydrogen-bond acceptors (Lipinski definition) is 3. The van der Waals surface area contributed by atoms with Gasteiger partial charge in [-0.2, -0.15) is 5.26 Å². The Morgan fingerprint density at radius 2 is 1.71 bits per heavy atom. The molecule has 4 aromatic rings. The van der Waals surface area contributed by atoms with Crippen LogP contribution in [-0.4, -0.2) is 11.7 Å². The third kappa shape index (κ3) is 2.87. The van der Waals surface area contributed by atoms with Gasteiger partial charge < -0.3 is 15.0 Å². The number of anilines is 1. The molecule has 0 amide bonds. The summed E-state index contributed by atoms with van der Waals surface area (Å²) in [6.45, 7) is 2.85. The number of fused-ring (bicyclic) bond motifs is 1. The van der Waals surface area contributed by atoms with Crippen molar-refractivity contribution in [1.29, 1.82) is 5.26 Å². The number of nitrogens with zero attached hydrogens (tertiary/aromatic N) is 2. The molecule has 0 aliphatic rings. The molecule has 0 saturated heterocycles. The first-order valence-corrected chi connectivity index (χ1v) is 9.23. The van der Waals surface area contributed by atoms with Gasteiger partial charge in [0.2, 0.25) is 0 Å². The van der Waals surface area contributed by atoms with E-state index < -0.39 is 0 Å². The summed E-state index contributed by atoms with van der Waals surface area (Å²) >= 11 is 0. The van der Waals surface area contributed by atoms with Crippen LogP contribution in [0.1, 0.15) is 12.5 Å². The number of aryl methyl sites for hydroxylation is 1. The van der Waals surface area contributed by atoms with Crippen molar-refractivity contribution in [2.24, 2.45) is 0 Å². The normalized spacial score (nSPS) is 10.8. The molecule has 4 nitrogen and oxygen atoms in total. The lowest BCUT2D eigenvalue weighted by molar-refractivity contribution is 0.415. The Morgan fingerprint density at radius 1 is 0.964 bits per heavy atom. The quantitative estimate of drug-likeness (QED) is 0.487. The van der Waals surface area contributed by atoms with Gasteiger partial charge in [0.05, 0.1) is 18.4 Å². The van der Waals surface area contributed by atoms with E-state index in [1.807, 2.05) is 48.5 Å². The second-order valence-corrected chi connectivity index (χ2v) is 6.67. The highest BCUT2D eigenvalue weighted by Gasteiger charge is 2.18. The average Bonchev–Trinajstić information content (AvgIpc) is 3.06. The van der Waals surface area contributed by atoms with Crippen LogP contribution in [0.4, 0.5) is 5.69 Å². The Balaban J connectivity index is 1.98. The number of nitrogens with two attached hydrogens (primary N) is 1. The molecule has 2 N–H and O–H groups in total. The van der Waals surface area contributed by atoms with Crippen LogP contribution in [0.5, 0.6) is 5.75 Å². The fourth-order valence-corrected chi connectivity index (χ4v) is 3.76. The van der Waals surface area contributed by atoms with Gasteiger partial charge in [-0.1, -0.05) is 30.3 Å². The molecule has 4 heteroatoms. The van der Waals surface area contributed by atoms with E-state index in [0.29, 0.717) is 11.3 Å². The van der Waals surface area contributed by atoms with Crippen molar-refractivity contribution in [1.82, 2.24) is 4.57 Å². The van der Waals surface area contributed by atoms with Gasteiger partial charge >= 0.3 is 0 Å². The summed E-state index contributed by atoms with van der Waals surface area (Å²) in [5.41, 5.74) is 12.4. The number of hydrogen-bond donors (Lipinski definition) is 1. The van der Waals surface area contributed by atoms with Crippen molar-refractivity contribution in [3.63, 3.8) is 0 Å². The fourth-order valence-electron chi connectivity index (χ4n) is 3.76. The number of ether oxygens (including phenoxy) is 1. The highest BCUT2D eigenvalue weighted by atomic mass is 16.5. The summed E-state index contributed by atoms with van der Waals surface area (Å²) in [5, 5.41) is 10.9. The molecular weight excluding hydrogens is 346 g/mol. The topological polar surface area (TPSA) is 64.0 Å². The predicted octanol–water partition coefficient (Wildman–Crippen LogP) is 5.46. The SMILES string of the molecule is CCn1c(-c2cccc(N)c2)c(C#N)c2cc(-c3cccc(OC)c3)ccc21. The molecular formula is C24H21N3O. The number of rotatable bonds is 4. The first-order valence-electron chi connectivity index (χ1n) is 9.23. The van der Waals surface area contributed by atoms with E-state index in [-0.39, 0.29) is 0 Å². The van der Waals surface area contributed by atoms with E-state index in [9.17, 15) is 5.26 Å². The Bertz CT molecular complexity index is 1210. The maximum Gasteiger partial charge on any atom is 0.119 e. The number of nitrogen functional groups attached to an aromatic ring is 1. The number of methoxy groups -OCH3 is 1. The maximum atomic E-state index is 9.98. The van der Waals surface area contributed by atoms with Crippen molar-refractivity contribution in [2.45, 2.75) is 13.5 Å². The zero-order valence-electron chi connectivity index (χ0n) is 15.9. The van der Waals surface area contributed by atoms with Crippen LogP contribution >= 0.6 is 0 Å². The van der Waals surface area contributed by atoms with E-state index in [0.717, 1.165) is 45.6 Å². The molecule has 0 unspecified atom stereocenters. The van der Waals surface area contributed by atoms with E-state index in [1.165, 1.54) is 0 Å². The molecule has 4 rings (SSSR count). The molecule has 138 valence electrons. The number of aromatic nitrogens is 1. The molecule has 0 aliphatic carbocycles. The molecule has 28 heavy (non-hydrogen) atoms. The van der Waals surface area contributed by atoms with Gasteiger partial charge in [0.1, 0.15) is 11.8 Å². The lowest BCUT2D eigenvalue weighted by Crippen LogP contribution is -1.98. The maximum absolute atomic E-state index is 9.98. The number of nitriles is 1. The zero-order chi connectivity index (χ0) is 19.7. The average molecular weight is 367 g/mol. The highest BCUT2D eigenvalue weighted by molar-refractivity contribution is 5.97. The van der Waals surface area contributed by atoms with Gasteiger partial charge in [0, 0.05) is 28.7 Å². The van der Waals surface area contributed by atoms with Gasteiger partial charge in [-0.25, -0.2) is 0 Å². The van der Waals surface area contributed by atoms with Crippen molar-refractivity contribution in [3.8, 4) is 34.2 Å². The summed E-state index contributed by atoms with van der Waals surface area (Å²) in [6, 6.07) is 24.3. The molecule has 0 fully saturated rings. The van der Waals surface area contributed by atoms with Crippen LogP contribution in [-0.2, 0) is 6.54 Å². The molecule has 0 bridgehead atoms. The monoisotopic (exact) mass is 367 g/mol. The van der Waals surface area contributed by atoms with Crippen LogP contribution in [0.25, 0.3) is 33.3 Å². The third-order valence-corrected chi connectivity index (χ3v) is 5.05. The standard InChI is InChI=1S/C24H21N3O/c1-3-27-23-11-10-17(16-6-5-9-20(13-16)28-2)14-21(23)22(15-25)24(27)18-7-4-8-19(26)12-18/h4-14H,3,26H2,1-2H3.